The van der Waals surface area contributed by atoms with E-state index in [1.165, 1.54) is 13.8 Å². The summed E-state index contributed by atoms with van der Waals surface area (Å²) in [5.41, 5.74) is -0.578. The Hall–Kier alpha value is -0.990. The molecule has 0 aromatic carbocycles. The van der Waals surface area contributed by atoms with E-state index in [0.717, 1.165) is 6.08 Å². The smallest absolute Gasteiger partial charge is 0.182 e. The summed E-state index contributed by atoms with van der Waals surface area (Å²) < 4.78 is 0. The fraction of sp³-hybridized carbons (Fsp3) is 0.286. The summed E-state index contributed by atoms with van der Waals surface area (Å²) in [5, 5.41) is 35.3. The van der Waals surface area contributed by atoms with Gasteiger partial charge in [-0.1, -0.05) is 0 Å². The molecule has 0 saturated carbocycles. The van der Waals surface area contributed by atoms with Gasteiger partial charge in [0.15, 0.2) is 5.50 Å². The predicted molar refractivity (Wildman–Crippen MR) is 48.2 cm³/mol. The molecule has 0 amide bonds. The van der Waals surface area contributed by atoms with Crippen molar-refractivity contribution >= 4 is 13.7 Å². The molecule has 4 nitrogen and oxygen atoms in total. The van der Waals surface area contributed by atoms with E-state index in [1.54, 1.807) is 0 Å². The van der Waals surface area contributed by atoms with Gasteiger partial charge in [0.1, 0.15) is 11.2 Å². The average molecular weight is 190 g/mol. The van der Waals surface area contributed by atoms with Crippen LogP contribution < -0.4 is 0 Å². The lowest BCUT2D eigenvalue weighted by Crippen LogP contribution is -1.88. The Morgan fingerprint density at radius 1 is 1.08 bits per heavy atom. The largest absolute Gasteiger partial charge is 0.513 e. The van der Waals surface area contributed by atoms with Crippen LogP contribution in [0.25, 0.3) is 0 Å². The molecule has 0 radical (unpaired) electrons. The zero-order chi connectivity index (χ0) is 9.72. The third-order valence-electron chi connectivity index (χ3n) is 0.882. The number of aliphatic hydroxyl groups is 4. The van der Waals surface area contributed by atoms with E-state index >= 15 is 0 Å². The van der Waals surface area contributed by atoms with Crippen molar-refractivity contribution in [2.24, 2.45) is 0 Å². The van der Waals surface area contributed by atoms with Crippen LogP contribution in [-0.2, 0) is 0 Å². The van der Waals surface area contributed by atoms with Crippen molar-refractivity contribution in [1.29, 1.82) is 0 Å². The van der Waals surface area contributed by atoms with Gasteiger partial charge in [-0.25, -0.2) is 0 Å². The first-order chi connectivity index (χ1) is 5.43. The van der Waals surface area contributed by atoms with Crippen molar-refractivity contribution in [3.63, 3.8) is 0 Å². The number of hydrogen-bond acceptors (Lipinski definition) is 3. The number of aliphatic hydroxyl groups excluding tert-OH is 4. The highest BCUT2D eigenvalue weighted by Gasteiger charge is 1.96. The summed E-state index contributed by atoms with van der Waals surface area (Å²) in [6, 6.07) is 0. The molecule has 0 aliphatic heterocycles. The second-order valence-corrected chi connectivity index (χ2v) is 3.27. The Morgan fingerprint density at radius 3 is 1.92 bits per heavy atom. The van der Waals surface area contributed by atoms with E-state index in [0.29, 0.717) is 0 Å². The second-order valence-electron chi connectivity index (χ2n) is 2.16. The lowest BCUT2D eigenvalue weighted by Gasteiger charge is -1.94. The Kier molecular flexibility index (Phi) is 4.40. The molecule has 12 heavy (non-hydrogen) atoms. The Morgan fingerprint density at radius 2 is 1.58 bits per heavy atom. The van der Waals surface area contributed by atoms with Gasteiger partial charge in [-0.15, -0.1) is 0 Å². The van der Waals surface area contributed by atoms with E-state index in [9.17, 15) is 0 Å². The molecule has 4 N–H and O–H groups in total. The Bertz CT molecular complexity index is 244. The van der Waals surface area contributed by atoms with E-state index in [1.807, 2.05) is 0 Å². The number of rotatable bonds is 2. The summed E-state index contributed by atoms with van der Waals surface area (Å²) in [4.78, 5) is 0. The van der Waals surface area contributed by atoms with Crippen LogP contribution >= 0.6 is 8.20 Å². The normalized spacial score (nSPS) is 15.9. The molecule has 0 spiro atoms. The van der Waals surface area contributed by atoms with E-state index in [-0.39, 0.29) is 30.7 Å². The Labute approximate surface area is 71.9 Å². The molecule has 0 heterocycles. The fourth-order valence-corrected chi connectivity index (χ4v) is 1.04. The molecule has 0 aliphatic carbocycles. The van der Waals surface area contributed by atoms with Gasteiger partial charge in [0, 0.05) is 14.3 Å². The third-order valence-corrected chi connectivity index (χ3v) is 1.78. The fourth-order valence-electron chi connectivity index (χ4n) is 0.409. The maximum Gasteiger partial charge on any atom is 0.182 e. The molecule has 0 aromatic rings. The minimum atomic E-state index is -0.343. The topological polar surface area (TPSA) is 80.9 Å². The molecule has 0 aromatic heterocycles. The maximum atomic E-state index is 9.00. The van der Waals surface area contributed by atoms with Crippen LogP contribution in [0.2, 0.25) is 0 Å². The highest BCUT2D eigenvalue weighted by atomic mass is 31.1. The summed E-state index contributed by atoms with van der Waals surface area (Å²) in [6.07, 6.45) is 1.08. The molecule has 0 fully saturated rings. The molecule has 68 valence electrons. The third kappa shape index (κ3) is 4.77. The summed E-state index contributed by atoms with van der Waals surface area (Å²) in [7, 11) is 0.0654. The van der Waals surface area contributed by atoms with Crippen LogP contribution in [0.1, 0.15) is 13.8 Å². The van der Waals surface area contributed by atoms with Crippen LogP contribution in [0, 0.1) is 0 Å². The van der Waals surface area contributed by atoms with Crippen molar-refractivity contribution in [2.75, 3.05) is 0 Å². The van der Waals surface area contributed by atoms with Gasteiger partial charge in [0.2, 0.25) is 0 Å². The van der Waals surface area contributed by atoms with Gasteiger partial charge in [0.25, 0.3) is 0 Å². The zero-order valence-corrected chi connectivity index (χ0v) is 7.71. The first-order valence-corrected chi connectivity index (χ1v) is 4.06. The van der Waals surface area contributed by atoms with E-state index in [4.69, 9.17) is 20.4 Å². The number of hydrogen-bond donors (Lipinski definition) is 4. The highest BCUT2D eigenvalue weighted by molar-refractivity contribution is 7.44. The van der Waals surface area contributed by atoms with Crippen LogP contribution in [0.5, 0.6) is 0 Å². The summed E-state index contributed by atoms with van der Waals surface area (Å²) in [5.74, 6) is -0.324. The lowest BCUT2D eigenvalue weighted by atomic mass is 10.5. The SMILES string of the molecule is C\C(O)=C/C(O)=P\C(O)=C(/C)O. The molecule has 0 saturated heterocycles. The van der Waals surface area contributed by atoms with Crippen LogP contribution in [0.3, 0.4) is 0 Å². The van der Waals surface area contributed by atoms with Gasteiger partial charge in [-0.2, -0.15) is 0 Å². The molecular weight excluding hydrogens is 179 g/mol. The minimum Gasteiger partial charge on any atom is -0.513 e. The molecule has 0 aliphatic rings. The van der Waals surface area contributed by atoms with Gasteiger partial charge >= 0.3 is 0 Å². The molecule has 0 atom stereocenters. The van der Waals surface area contributed by atoms with Crippen LogP contribution in [0.15, 0.2) is 23.1 Å². The average Bonchev–Trinajstić information content (AvgIpc) is 1.84. The monoisotopic (exact) mass is 190 g/mol. The molecule has 0 rings (SSSR count). The first kappa shape index (κ1) is 11.0. The molecule has 0 bridgehead atoms. The molecule has 5 heteroatoms. The highest BCUT2D eigenvalue weighted by Crippen LogP contribution is 2.14. The van der Waals surface area contributed by atoms with E-state index in [2.05, 4.69) is 0 Å². The Balaban J connectivity index is 4.59. The quantitative estimate of drug-likeness (QED) is 0.397. The van der Waals surface area contributed by atoms with Gasteiger partial charge in [-0.05, 0) is 13.8 Å². The second kappa shape index (κ2) is 4.80. The van der Waals surface area contributed by atoms with Crippen molar-refractivity contribution < 1.29 is 20.4 Å². The van der Waals surface area contributed by atoms with Crippen molar-refractivity contribution in [3.05, 3.63) is 23.1 Å². The predicted octanol–water partition coefficient (Wildman–Crippen LogP) is 2.20. The van der Waals surface area contributed by atoms with Crippen molar-refractivity contribution in [1.82, 2.24) is 0 Å². The molecule has 0 unspecified atom stereocenters. The van der Waals surface area contributed by atoms with E-state index < -0.39 is 0 Å². The van der Waals surface area contributed by atoms with Crippen molar-refractivity contribution in [3.8, 4) is 0 Å². The van der Waals surface area contributed by atoms with Gasteiger partial charge in [-0.3, -0.25) is 0 Å². The van der Waals surface area contributed by atoms with Gasteiger partial charge < -0.3 is 20.4 Å². The summed E-state index contributed by atoms with van der Waals surface area (Å²) >= 11 is 0. The molecular formula is C7H11O4P. The standard InChI is InChI=1S/C7H11O4P/c1-4(8)3-6(10)12-7(11)5(2)9/h3,8-11H,1-2H3/b4-3+,7-5+. The lowest BCUT2D eigenvalue weighted by molar-refractivity contribution is 0.353. The number of allylic oxidation sites excluding steroid dienone is 2. The minimum absolute atomic E-state index is 0.0654. The van der Waals surface area contributed by atoms with Crippen molar-refractivity contribution in [2.45, 2.75) is 13.8 Å². The van der Waals surface area contributed by atoms with Crippen LogP contribution in [-0.4, -0.2) is 25.9 Å². The van der Waals surface area contributed by atoms with Gasteiger partial charge in [0.05, 0.1) is 5.76 Å². The maximum absolute atomic E-state index is 9.00. The summed E-state index contributed by atoms with van der Waals surface area (Å²) in [6.45, 7) is 2.68. The zero-order valence-electron chi connectivity index (χ0n) is 6.81. The first-order valence-electron chi connectivity index (χ1n) is 3.17. The van der Waals surface area contributed by atoms with Crippen LogP contribution in [0.4, 0.5) is 0 Å².